The van der Waals surface area contributed by atoms with Gasteiger partial charge >= 0.3 is 19.5 Å². The Bertz CT molecular complexity index is 8.85. The molecule has 0 heterocycles. The summed E-state index contributed by atoms with van der Waals surface area (Å²) in [4.78, 5) is 0. The van der Waals surface area contributed by atoms with E-state index in [4.69, 9.17) is 0 Å². The first-order valence-electron chi connectivity index (χ1n) is 1.20. The third kappa shape index (κ3) is 11.5. The first kappa shape index (κ1) is 9.28. The van der Waals surface area contributed by atoms with E-state index in [2.05, 4.69) is 17.2 Å². The molecule has 0 amide bonds. The van der Waals surface area contributed by atoms with E-state index >= 15 is 0 Å². The fourth-order valence-electron chi connectivity index (χ4n) is 0. The minimum atomic E-state index is 0. The van der Waals surface area contributed by atoms with E-state index in [0.717, 1.165) is 6.42 Å². The van der Waals surface area contributed by atoms with Gasteiger partial charge in [-0.25, -0.2) is 10.2 Å². The third-order valence-electron chi connectivity index (χ3n) is 0.144. The van der Waals surface area contributed by atoms with Crippen LogP contribution < -0.4 is 0 Å². The Morgan fingerprint density at radius 1 is 1.80 bits per heavy atom. The molecular weight excluding hydrogens is 165 g/mol. The van der Waals surface area contributed by atoms with Gasteiger partial charge in [-0.05, 0) is 0 Å². The summed E-state index contributed by atoms with van der Waals surface area (Å²) in [6.07, 6.45) is 0.858. The van der Waals surface area contributed by atoms with Gasteiger partial charge in [0.25, 0.3) is 0 Å². The molecule has 0 unspecified atom stereocenters. The van der Waals surface area contributed by atoms with Crippen LogP contribution in [0.15, 0.2) is 0 Å². The van der Waals surface area contributed by atoms with Crippen LogP contribution in [0.1, 0.15) is 6.42 Å². The monoisotopic (exact) mass is 171 g/mol. The van der Waals surface area contributed by atoms with Crippen molar-refractivity contribution in [3.05, 3.63) is 13.0 Å². The summed E-state index contributed by atoms with van der Waals surface area (Å²) < 4.78 is 0. The van der Waals surface area contributed by atoms with Gasteiger partial charge in [0.15, 0.2) is 0 Å². The van der Waals surface area contributed by atoms with E-state index in [9.17, 15) is 0 Å². The molecule has 0 aliphatic carbocycles. The summed E-state index contributed by atoms with van der Waals surface area (Å²) >= 11 is 0. The van der Waals surface area contributed by atoms with Gasteiger partial charge in [-0.3, -0.25) is 0 Å². The van der Waals surface area contributed by atoms with Crippen molar-refractivity contribution < 1.29 is 19.5 Å². The molecule has 0 saturated heterocycles. The van der Waals surface area contributed by atoms with Crippen molar-refractivity contribution in [2.24, 2.45) is 0 Å². The fourth-order valence-corrected chi connectivity index (χ4v) is 0. The quantitative estimate of drug-likeness (QED) is 0.398. The second kappa shape index (κ2) is 8.85. The summed E-state index contributed by atoms with van der Waals surface area (Å²) in [5.41, 5.74) is 0. The zero-order chi connectivity index (χ0) is 3.41. The third-order valence-corrected chi connectivity index (χ3v) is 0.433. The van der Waals surface area contributed by atoms with Crippen molar-refractivity contribution in [1.82, 2.24) is 0 Å². The molecule has 0 nitrogen and oxygen atoms in total. The van der Waals surface area contributed by atoms with Crippen molar-refractivity contribution in [1.29, 1.82) is 0 Å². The van der Waals surface area contributed by atoms with Crippen LogP contribution in [0.4, 0.5) is 0 Å². The SMILES string of the molecule is [CH2-]C[CH-][Si].[Ru+2]. The van der Waals surface area contributed by atoms with Gasteiger partial charge in [0, 0.05) is 0 Å². The van der Waals surface area contributed by atoms with E-state index in [1.54, 1.807) is 0 Å². The predicted octanol–water partition coefficient (Wildman–Crippen LogP) is 0.538. The number of hydrogen-bond acceptors (Lipinski definition) is 0. The van der Waals surface area contributed by atoms with Crippen LogP contribution in [-0.4, -0.2) is 10.2 Å². The Morgan fingerprint density at radius 3 is 2.00 bits per heavy atom. The first-order chi connectivity index (χ1) is 1.91. The van der Waals surface area contributed by atoms with E-state index in [1.165, 1.54) is 0 Å². The maximum absolute atomic E-state index is 3.50. The van der Waals surface area contributed by atoms with E-state index in [1.807, 2.05) is 6.04 Å². The molecule has 0 saturated carbocycles. The van der Waals surface area contributed by atoms with Gasteiger partial charge in [-0.1, -0.05) is 0 Å². The molecule has 0 N–H and O–H groups in total. The second-order valence-electron chi connectivity index (χ2n) is 0.493. The van der Waals surface area contributed by atoms with Gasteiger partial charge in [-0.2, -0.15) is 0 Å². The summed E-state index contributed by atoms with van der Waals surface area (Å²) in [6, 6.07) is 1.82. The van der Waals surface area contributed by atoms with Crippen LogP contribution in [0.5, 0.6) is 0 Å². The van der Waals surface area contributed by atoms with Crippen molar-refractivity contribution >= 4 is 10.2 Å². The minimum Gasteiger partial charge on any atom is -0.372 e. The van der Waals surface area contributed by atoms with Gasteiger partial charge in [0.2, 0.25) is 0 Å². The van der Waals surface area contributed by atoms with Crippen LogP contribution in [0.2, 0.25) is 0 Å². The zero-order valence-corrected chi connectivity index (χ0v) is 5.58. The Balaban J connectivity index is 0. The molecule has 2 heteroatoms. The van der Waals surface area contributed by atoms with Crippen LogP contribution in [0.25, 0.3) is 0 Å². The standard InChI is InChI=1S/C3H5Si.Ru/c1-2-3-4;/h3H,1-2H2;/q-2;+2. The maximum Gasteiger partial charge on any atom is 2.00 e. The van der Waals surface area contributed by atoms with Crippen molar-refractivity contribution in [3.63, 3.8) is 0 Å². The summed E-state index contributed by atoms with van der Waals surface area (Å²) in [6.45, 7) is 3.50. The first-order valence-corrected chi connectivity index (χ1v) is 1.77. The molecule has 0 aromatic heterocycles. The van der Waals surface area contributed by atoms with Crippen LogP contribution in [0.3, 0.4) is 0 Å². The Kier molecular flexibility index (Phi) is 16.4. The molecule has 29 valence electrons. The Morgan fingerprint density at radius 2 is 2.00 bits per heavy atom. The van der Waals surface area contributed by atoms with Gasteiger partial charge in [0.1, 0.15) is 0 Å². The van der Waals surface area contributed by atoms with Gasteiger partial charge in [-0.15, -0.1) is 0 Å². The number of rotatable bonds is 1. The minimum absolute atomic E-state index is 0. The summed E-state index contributed by atoms with van der Waals surface area (Å²) in [5, 5.41) is 0. The van der Waals surface area contributed by atoms with Gasteiger partial charge in [0.05, 0.1) is 0 Å². The fraction of sp³-hybridized carbons (Fsp3) is 0.333. The van der Waals surface area contributed by atoms with E-state index in [0.29, 0.717) is 0 Å². The molecule has 0 aliphatic heterocycles. The van der Waals surface area contributed by atoms with Crippen LogP contribution >= 0.6 is 0 Å². The van der Waals surface area contributed by atoms with Crippen LogP contribution in [0, 0.1) is 13.0 Å². The molecule has 0 fully saturated rings. The second-order valence-corrected chi connectivity index (χ2v) is 0.901. The summed E-state index contributed by atoms with van der Waals surface area (Å²) in [7, 11) is 3.10. The van der Waals surface area contributed by atoms with E-state index in [-0.39, 0.29) is 19.5 Å². The smallest absolute Gasteiger partial charge is 0.372 e. The van der Waals surface area contributed by atoms with Crippen LogP contribution in [-0.2, 0) is 19.5 Å². The molecule has 3 radical (unpaired) electrons. The molecule has 0 aromatic carbocycles. The maximum atomic E-state index is 3.50. The molecule has 5 heavy (non-hydrogen) atoms. The van der Waals surface area contributed by atoms with Crippen molar-refractivity contribution in [3.8, 4) is 0 Å². The van der Waals surface area contributed by atoms with E-state index < -0.39 is 0 Å². The molecule has 0 aromatic rings. The van der Waals surface area contributed by atoms with Gasteiger partial charge < -0.3 is 19.4 Å². The topological polar surface area (TPSA) is 0 Å². The number of hydrogen-bond donors (Lipinski definition) is 0. The average Bonchev–Trinajstić information content (AvgIpc) is 1.37. The largest absolute Gasteiger partial charge is 2.00 e. The molecule has 0 atom stereocenters. The molecule has 0 aliphatic rings. The zero-order valence-electron chi connectivity index (χ0n) is 2.85. The molecule has 0 rings (SSSR count). The molecule has 0 bridgehead atoms. The normalized spacial score (nSPS) is 6.00. The average molecular weight is 170 g/mol. The van der Waals surface area contributed by atoms with Crippen molar-refractivity contribution in [2.75, 3.05) is 0 Å². The predicted molar refractivity (Wildman–Crippen MR) is 20.0 cm³/mol. The van der Waals surface area contributed by atoms with Crippen molar-refractivity contribution in [2.45, 2.75) is 6.42 Å². The summed E-state index contributed by atoms with van der Waals surface area (Å²) in [5.74, 6) is 0. The molecule has 0 spiro atoms. The Hall–Kier alpha value is 0.840. The Labute approximate surface area is 49.5 Å². The molecular formula is C3H5RuSi.